The first-order valence-electron chi connectivity index (χ1n) is 10.8. The third-order valence-electron chi connectivity index (χ3n) is 4.90. The monoisotopic (exact) mass is 385 g/mol. The molecule has 0 rings (SSSR count). The van der Waals surface area contributed by atoms with E-state index in [9.17, 15) is 0 Å². The maximum atomic E-state index is 5.13. The summed E-state index contributed by atoms with van der Waals surface area (Å²) < 4.78 is 0.695. The summed E-state index contributed by atoms with van der Waals surface area (Å²) in [5.41, 5.74) is 0. The van der Waals surface area contributed by atoms with Crippen molar-refractivity contribution in [3.8, 4) is 0 Å². The zero-order valence-electron chi connectivity index (χ0n) is 16.8. The van der Waals surface area contributed by atoms with Gasteiger partial charge >= 0.3 is 0 Å². The summed E-state index contributed by atoms with van der Waals surface area (Å²) in [6.45, 7) is 7.90. The van der Waals surface area contributed by atoms with Crippen LogP contribution in [-0.4, -0.2) is 22.3 Å². The molecule has 25 heavy (non-hydrogen) atoms. The average molecular weight is 386 g/mol. The Morgan fingerprint density at radius 3 is 1.44 bits per heavy atom. The highest BCUT2D eigenvalue weighted by atomic mass is 32.1. The zero-order chi connectivity index (χ0) is 18.6. The Bertz CT molecular complexity index is 304. The van der Waals surface area contributed by atoms with E-state index in [1.165, 1.54) is 103 Å². The van der Waals surface area contributed by atoms with Crippen molar-refractivity contribution in [2.45, 2.75) is 110 Å². The third kappa shape index (κ3) is 18.6. The minimum Gasteiger partial charge on any atom is -0.354 e. The fourth-order valence-corrected chi connectivity index (χ4v) is 3.62. The Hall–Kier alpha value is -0.0200. The van der Waals surface area contributed by atoms with E-state index in [2.05, 4.69) is 31.0 Å². The van der Waals surface area contributed by atoms with Gasteiger partial charge in [-0.05, 0) is 6.42 Å². The van der Waals surface area contributed by atoms with Crippen LogP contribution < -0.4 is 0 Å². The second-order valence-electron chi connectivity index (χ2n) is 7.32. The lowest BCUT2D eigenvalue weighted by Gasteiger charge is -2.20. The van der Waals surface area contributed by atoms with Crippen LogP contribution in [0.25, 0.3) is 0 Å². The van der Waals surface area contributed by atoms with Crippen molar-refractivity contribution in [1.82, 2.24) is 4.90 Å². The van der Waals surface area contributed by atoms with Gasteiger partial charge in [0, 0.05) is 13.1 Å². The summed E-state index contributed by atoms with van der Waals surface area (Å²) in [5.74, 6) is 0. The molecule has 0 aromatic carbocycles. The molecule has 0 spiro atoms. The molecule has 0 saturated heterocycles. The Morgan fingerprint density at radius 2 is 1.12 bits per heavy atom. The van der Waals surface area contributed by atoms with E-state index in [-0.39, 0.29) is 0 Å². The molecule has 0 atom stereocenters. The molecule has 0 aromatic rings. The molecule has 0 aliphatic carbocycles. The maximum Gasteiger partial charge on any atom is 0.133 e. The van der Waals surface area contributed by atoms with E-state index in [0.717, 1.165) is 13.1 Å². The quantitative estimate of drug-likeness (QED) is 0.104. The van der Waals surface area contributed by atoms with E-state index < -0.39 is 0 Å². The Morgan fingerprint density at radius 1 is 0.760 bits per heavy atom. The number of nitrogens with zero attached hydrogens (tertiary/aromatic N) is 1. The summed E-state index contributed by atoms with van der Waals surface area (Å²) in [6, 6.07) is 0. The molecule has 1 nitrogen and oxygen atoms in total. The van der Waals surface area contributed by atoms with E-state index in [4.69, 9.17) is 12.2 Å². The number of hydrogen-bond acceptors (Lipinski definition) is 1. The van der Waals surface area contributed by atoms with Gasteiger partial charge in [-0.2, -0.15) is 0 Å². The van der Waals surface area contributed by atoms with Crippen molar-refractivity contribution in [2.24, 2.45) is 0 Å². The number of rotatable bonds is 19. The van der Waals surface area contributed by atoms with E-state index in [1.54, 1.807) is 0 Å². The van der Waals surface area contributed by atoms with Gasteiger partial charge in [0.2, 0.25) is 0 Å². The fourth-order valence-electron chi connectivity index (χ4n) is 3.27. The molecular formula is C22H43NS2. The maximum absolute atomic E-state index is 5.13. The van der Waals surface area contributed by atoms with Crippen molar-refractivity contribution >= 4 is 29.2 Å². The standard InChI is InChI=1S/C22H43NS2/c1-3-5-6-7-8-9-10-11-12-13-14-15-16-17-18-19-21-23(20-4-2)22(24)25/h4H,2-3,5-21H2,1H3,(H,24,25). The fraction of sp³-hybridized carbons (Fsp3) is 0.864. The first-order valence-corrected chi connectivity index (χ1v) is 11.7. The van der Waals surface area contributed by atoms with Crippen LogP contribution in [0.2, 0.25) is 0 Å². The van der Waals surface area contributed by atoms with E-state index in [0.29, 0.717) is 4.32 Å². The Labute approximate surface area is 169 Å². The third-order valence-corrected chi connectivity index (χ3v) is 5.44. The predicted octanol–water partition coefficient (Wildman–Crippen LogP) is 7.95. The summed E-state index contributed by atoms with van der Waals surface area (Å²) >= 11 is 9.40. The topological polar surface area (TPSA) is 3.24 Å². The first-order chi connectivity index (χ1) is 12.2. The van der Waals surface area contributed by atoms with Gasteiger partial charge in [-0.1, -0.05) is 122 Å². The van der Waals surface area contributed by atoms with Crippen molar-refractivity contribution in [3.63, 3.8) is 0 Å². The molecule has 0 aromatic heterocycles. The van der Waals surface area contributed by atoms with Gasteiger partial charge in [0.15, 0.2) is 0 Å². The highest BCUT2D eigenvalue weighted by molar-refractivity contribution is 8.10. The normalized spacial score (nSPS) is 10.8. The summed E-state index contributed by atoms with van der Waals surface area (Å²) in [4.78, 5) is 2.12. The molecule has 0 aliphatic rings. The van der Waals surface area contributed by atoms with Crippen molar-refractivity contribution < 1.29 is 0 Å². The molecule has 0 saturated carbocycles. The van der Waals surface area contributed by atoms with Gasteiger partial charge < -0.3 is 4.90 Å². The Balaban J connectivity index is 3.18. The minimum atomic E-state index is 0.695. The van der Waals surface area contributed by atoms with Gasteiger partial charge in [-0.25, -0.2) is 0 Å². The summed E-state index contributed by atoms with van der Waals surface area (Å²) in [7, 11) is 0. The molecule has 148 valence electrons. The van der Waals surface area contributed by atoms with Gasteiger partial charge in [0.1, 0.15) is 4.32 Å². The van der Waals surface area contributed by atoms with Gasteiger partial charge in [0.05, 0.1) is 0 Å². The van der Waals surface area contributed by atoms with Crippen molar-refractivity contribution in [3.05, 3.63) is 12.7 Å². The number of thiocarbonyl (C=S) groups is 1. The van der Waals surface area contributed by atoms with Crippen LogP contribution in [0.5, 0.6) is 0 Å². The molecule has 0 aliphatic heterocycles. The molecule has 0 N–H and O–H groups in total. The van der Waals surface area contributed by atoms with E-state index >= 15 is 0 Å². The SMILES string of the molecule is C=CCN(CCCCCCCCCCCCCCCCCC)C(=S)S. The predicted molar refractivity (Wildman–Crippen MR) is 123 cm³/mol. The highest BCUT2D eigenvalue weighted by Crippen LogP contribution is 2.14. The number of thiol groups is 1. The lowest BCUT2D eigenvalue weighted by Crippen LogP contribution is -2.27. The molecule has 0 bridgehead atoms. The smallest absolute Gasteiger partial charge is 0.133 e. The van der Waals surface area contributed by atoms with Crippen LogP contribution in [-0.2, 0) is 0 Å². The largest absolute Gasteiger partial charge is 0.354 e. The van der Waals surface area contributed by atoms with Crippen LogP contribution in [0.15, 0.2) is 12.7 Å². The molecular weight excluding hydrogens is 342 g/mol. The van der Waals surface area contributed by atoms with Gasteiger partial charge in [-0.3, -0.25) is 0 Å². The lowest BCUT2D eigenvalue weighted by atomic mass is 10.0. The molecule has 0 fully saturated rings. The summed E-state index contributed by atoms with van der Waals surface area (Å²) in [5, 5.41) is 0. The van der Waals surface area contributed by atoms with Crippen molar-refractivity contribution in [2.75, 3.05) is 13.1 Å². The van der Waals surface area contributed by atoms with Crippen molar-refractivity contribution in [1.29, 1.82) is 0 Å². The molecule has 0 amide bonds. The molecule has 3 heteroatoms. The zero-order valence-corrected chi connectivity index (χ0v) is 18.5. The minimum absolute atomic E-state index is 0.695. The molecule has 0 unspecified atom stereocenters. The molecule has 0 radical (unpaired) electrons. The number of hydrogen-bond donors (Lipinski definition) is 1. The summed E-state index contributed by atoms with van der Waals surface area (Å²) in [6.07, 6.45) is 24.4. The van der Waals surface area contributed by atoms with Gasteiger partial charge in [-0.15, -0.1) is 19.2 Å². The Kier molecular flexibility index (Phi) is 20.3. The van der Waals surface area contributed by atoms with E-state index in [1.807, 2.05) is 6.08 Å². The van der Waals surface area contributed by atoms with Crippen LogP contribution in [0, 0.1) is 0 Å². The van der Waals surface area contributed by atoms with Gasteiger partial charge in [0.25, 0.3) is 0 Å². The highest BCUT2D eigenvalue weighted by Gasteiger charge is 2.03. The van der Waals surface area contributed by atoms with Crippen LogP contribution >= 0.6 is 24.8 Å². The second-order valence-corrected chi connectivity index (χ2v) is 8.43. The lowest BCUT2D eigenvalue weighted by molar-refractivity contribution is 0.445. The van der Waals surface area contributed by atoms with Crippen LogP contribution in [0.1, 0.15) is 110 Å². The average Bonchev–Trinajstić information content (AvgIpc) is 2.60. The molecule has 0 heterocycles. The van der Waals surface area contributed by atoms with Crippen LogP contribution in [0.4, 0.5) is 0 Å². The van der Waals surface area contributed by atoms with Crippen LogP contribution in [0.3, 0.4) is 0 Å². The number of unbranched alkanes of at least 4 members (excludes halogenated alkanes) is 15. The second kappa shape index (κ2) is 20.3. The first kappa shape index (κ1) is 25.0.